The van der Waals surface area contributed by atoms with Gasteiger partial charge in [-0.2, -0.15) is 0 Å². The van der Waals surface area contributed by atoms with Gasteiger partial charge in [-0.3, -0.25) is 9.78 Å². The molecule has 0 bridgehead atoms. The Morgan fingerprint density at radius 1 is 0.971 bits per heavy atom. The van der Waals surface area contributed by atoms with Crippen LogP contribution in [0.15, 0.2) is 73.1 Å². The predicted molar refractivity (Wildman–Crippen MR) is 132 cm³/mol. The van der Waals surface area contributed by atoms with Crippen molar-refractivity contribution in [1.82, 2.24) is 15.0 Å². The molecule has 0 aliphatic rings. The van der Waals surface area contributed by atoms with E-state index in [0.717, 1.165) is 22.6 Å². The summed E-state index contributed by atoms with van der Waals surface area (Å²) in [4.78, 5) is 25.1. The molecule has 0 aliphatic heterocycles. The average molecular weight is 455 g/mol. The molecule has 0 amide bonds. The van der Waals surface area contributed by atoms with Crippen LogP contribution >= 0.6 is 0 Å². The highest BCUT2D eigenvalue weighted by Gasteiger charge is 2.29. The van der Waals surface area contributed by atoms with E-state index in [0.29, 0.717) is 28.6 Å². The minimum absolute atomic E-state index is 0.568. The summed E-state index contributed by atoms with van der Waals surface area (Å²) in [6.07, 6.45) is 3.38. The molecule has 1 aromatic carbocycles. The van der Waals surface area contributed by atoms with E-state index in [9.17, 15) is 9.90 Å². The van der Waals surface area contributed by atoms with Gasteiger partial charge >= 0.3 is 5.97 Å². The number of carboxylic acids is 1. The number of carboxylic acid groups (broad SMARTS) is 1. The number of hydrogen-bond donors (Lipinski definition) is 2. The largest absolute Gasteiger partial charge is 0.481 e. The standard InChI is InChI=1S/C27H26N4O3/c1-17-14-23(25(30-18(17)2)22-10-5-6-12-28-22)34-21-11-13-29-24(16-21)31-20-9-7-8-19(15-20)27(3,4)26(32)33/h5-16H,1-4H3,(H,29,31)(H,32,33). The van der Waals surface area contributed by atoms with Gasteiger partial charge < -0.3 is 15.2 Å². The van der Waals surface area contributed by atoms with Crippen LogP contribution in [0.1, 0.15) is 30.7 Å². The zero-order valence-corrected chi connectivity index (χ0v) is 19.5. The van der Waals surface area contributed by atoms with Crippen LogP contribution in [0, 0.1) is 13.8 Å². The van der Waals surface area contributed by atoms with Crippen molar-refractivity contribution >= 4 is 17.5 Å². The Bertz CT molecular complexity index is 1340. The maximum atomic E-state index is 11.6. The van der Waals surface area contributed by atoms with Crippen LogP contribution in [-0.2, 0) is 10.2 Å². The van der Waals surface area contributed by atoms with Crippen molar-refractivity contribution in [3.8, 4) is 22.9 Å². The lowest BCUT2D eigenvalue weighted by Gasteiger charge is -2.20. The van der Waals surface area contributed by atoms with E-state index in [1.807, 2.05) is 56.3 Å². The first-order chi connectivity index (χ1) is 16.2. The lowest BCUT2D eigenvalue weighted by atomic mass is 9.84. The quantitative estimate of drug-likeness (QED) is 0.351. The molecule has 0 unspecified atom stereocenters. The Labute approximate surface area is 198 Å². The first kappa shape index (κ1) is 22.9. The van der Waals surface area contributed by atoms with Crippen LogP contribution in [0.25, 0.3) is 11.4 Å². The Morgan fingerprint density at radius 2 is 1.79 bits per heavy atom. The number of nitrogens with zero attached hydrogens (tertiary/aromatic N) is 3. The molecule has 34 heavy (non-hydrogen) atoms. The third-order valence-corrected chi connectivity index (χ3v) is 5.69. The van der Waals surface area contributed by atoms with E-state index in [2.05, 4.69) is 15.3 Å². The van der Waals surface area contributed by atoms with Crippen molar-refractivity contribution in [1.29, 1.82) is 0 Å². The van der Waals surface area contributed by atoms with Crippen molar-refractivity contribution in [2.75, 3.05) is 5.32 Å². The van der Waals surface area contributed by atoms with Gasteiger partial charge in [-0.05, 0) is 75.2 Å². The summed E-state index contributed by atoms with van der Waals surface area (Å²) in [6.45, 7) is 7.30. The monoisotopic (exact) mass is 454 g/mol. The van der Waals surface area contributed by atoms with Crippen molar-refractivity contribution in [2.24, 2.45) is 0 Å². The average Bonchev–Trinajstić information content (AvgIpc) is 2.82. The zero-order chi connectivity index (χ0) is 24.3. The summed E-state index contributed by atoms with van der Waals surface area (Å²) < 4.78 is 6.23. The van der Waals surface area contributed by atoms with Gasteiger partial charge in [0.05, 0.1) is 11.1 Å². The fraction of sp³-hybridized carbons (Fsp3) is 0.185. The summed E-state index contributed by atoms with van der Waals surface area (Å²) in [6, 6.07) is 18.5. The second kappa shape index (κ2) is 9.31. The molecule has 0 spiro atoms. The SMILES string of the molecule is Cc1cc(Oc2ccnc(Nc3cccc(C(C)(C)C(=O)O)c3)c2)c(-c2ccccn2)nc1C. The molecule has 172 valence electrons. The fourth-order valence-electron chi connectivity index (χ4n) is 3.37. The minimum atomic E-state index is -1.01. The summed E-state index contributed by atoms with van der Waals surface area (Å²) in [5.41, 5.74) is 3.74. The number of hydrogen-bond acceptors (Lipinski definition) is 6. The van der Waals surface area contributed by atoms with E-state index in [-0.39, 0.29) is 0 Å². The Balaban J connectivity index is 1.62. The highest BCUT2D eigenvalue weighted by Crippen LogP contribution is 2.33. The zero-order valence-electron chi connectivity index (χ0n) is 19.5. The maximum Gasteiger partial charge on any atom is 0.313 e. The number of carbonyl (C=O) groups is 1. The van der Waals surface area contributed by atoms with E-state index < -0.39 is 11.4 Å². The smallest absolute Gasteiger partial charge is 0.313 e. The summed E-state index contributed by atoms with van der Waals surface area (Å²) in [5, 5.41) is 12.8. The van der Waals surface area contributed by atoms with Gasteiger partial charge in [0.2, 0.25) is 0 Å². The number of rotatable bonds is 7. The molecule has 0 aliphatic carbocycles. The molecule has 0 fully saturated rings. The molecule has 3 aromatic heterocycles. The van der Waals surface area contributed by atoms with Crippen LogP contribution in [0.5, 0.6) is 11.5 Å². The van der Waals surface area contributed by atoms with E-state index in [4.69, 9.17) is 9.72 Å². The molecular weight excluding hydrogens is 428 g/mol. The summed E-state index contributed by atoms with van der Waals surface area (Å²) >= 11 is 0. The third-order valence-electron chi connectivity index (χ3n) is 5.69. The van der Waals surface area contributed by atoms with Gasteiger partial charge in [-0.15, -0.1) is 0 Å². The lowest BCUT2D eigenvalue weighted by molar-refractivity contribution is -0.142. The van der Waals surface area contributed by atoms with Gasteiger partial charge in [0.25, 0.3) is 0 Å². The Morgan fingerprint density at radius 3 is 2.53 bits per heavy atom. The lowest BCUT2D eigenvalue weighted by Crippen LogP contribution is -2.28. The van der Waals surface area contributed by atoms with Crippen LogP contribution < -0.4 is 10.1 Å². The van der Waals surface area contributed by atoms with Crippen LogP contribution in [-0.4, -0.2) is 26.0 Å². The number of ether oxygens (including phenoxy) is 1. The minimum Gasteiger partial charge on any atom is -0.481 e. The van der Waals surface area contributed by atoms with Gasteiger partial charge in [0.1, 0.15) is 17.3 Å². The number of benzene rings is 1. The summed E-state index contributed by atoms with van der Waals surface area (Å²) in [7, 11) is 0. The second-order valence-corrected chi connectivity index (χ2v) is 8.57. The molecule has 7 nitrogen and oxygen atoms in total. The summed E-state index contributed by atoms with van der Waals surface area (Å²) in [5.74, 6) is 0.869. The van der Waals surface area contributed by atoms with Crippen LogP contribution in [0.4, 0.5) is 11.5 Å². The number of pyridine rings is 3. The molecule has 0 radical (unpaired) electrons. The first-order valence-corrected chi connectivity index (χ1v) is 10.9. The maximum absolute atomic E-state index is 11.6. The van der Waals surface area contributed by atoms with Crippen molar-refractivity contribution < 1.29 is 14.6 Å². The first-order valence-electron chi connectivity index (χ1n) is 10.9. The van der Waals surface area contributed by atoms with Gasteiger partial charge in [0, 0.05) is 29.8 Å². The topological polar surface area (TPSA) is 97.2 Å². The molecule has 4 aromatic rings. The Kier molecular flexibility index (Phi) is 6.27. The number of aryl methyl sites for hydroxylation is 2. The van der Waals surface area contributed by atoms with E-state index in [1.54, 1.807) is 44.4 Å². The molecule has 3 heterocycles. The van der Waals surface area contributed by atoms with Crippen molar-refractivity contribution in [3.63, 3.8) is 0 Å². The number of aromatic nitrogens is 3. The van der Waals surface area contributed by atoms with E-state index >= 15 is 0 Å². The number of anilines is 2. The van der Waals surface area contributed by atoms with Crippen molar-refractivity contribution in [2.45, 2.75) is 33.1 Å². The molecule has 0 atom stereocenters. The molecular formula is C27H26N4O3. The van der Waals surface area contributed by atoms with Crippen molar-refractivity contribution in [3.05, 3.63) is 89.9 Å². The fourth-order valence-corrected chi connectivity index (χ4v) is 3.37. The third kappa shape index (κ3) is 4.88. The molecule has 4 rings (SSSR count). The Hall–Kier alpha value is -4.26. The molecule has 0 saturated carbocycles. The molecule has 0 saturated heterocycles. The normalized spacial score (nSPS) is 11.2. The number of nitrogens with one attached hydrogen (secondary N) is 1. The van der Waals surface area contributed by atoms with Crippen LogP contribution in [0.2, 0.25) is 0 Å². The second-order valence-electron chi connectivity index (χ2n) is 8.57. The predicted octanol–water partition coefficient (Wildman–Crippen LogP) is 6.05. The van der Waals surface area contributed by atoms with Gasteiger partial charge in [0.15, 0.2) is 5.75 Å². The number of aliphatic carboxylic acids is 1. The highest BCUT2D eigenvalue weighted by molar-refractivity contribution is 5.81. The molecule has 7 heteroatoms. The van der Waals surface area contributed by atoms with E-state index in [1.165, 1.54) is 0 Å². The van der Waals surface area contributed by atoms with Gasteiger partial charge in [-0.1, -0.05) is 18.2 Å². The molecule has 2 N–H and O–H groups in total. The van der Waals surface area contributed by atoms with Gasteiger partial charge in [-0.25, -0.2) is 9.97 Å². The highest BCUT2D eigenvalue weighted by atomic mass is 16.5. The van der Waals surface area contributed by atoms with Crippen LogP contribution in [0.3, 0.4) is 0 Å².